The van der Waals surface area contributed by atoms with Gasteiger partial charge < -0.3 is 15.4 Å². The van der Waals surface area contributed by atoms with Crippen LogP contribution in [0.4, 0.5) is 0 Å². The van der Waals surface area contributed by atoms with Gasteiger partial charge in [-0.1, -0.05) is 19.1 Å². The standard InChI is InChI=1S/C15H22N2O2S/c1-11(7-17-15(18)12-8-16-9-12)10-20-14-6-4-3-5-13(14)19-2/h3-6,11-12,16H,7-10H2,1-2H3,(H,17,18). The van der Waals surface area contributed by atoms with Crippen molar-refractivity contribution < 1.29 is 9.53 Å². The number of rotatable bonds is 7. The molecule has 0 spiro atoms. The third-order valence-corrected chi connectivity index (χ3v) is 4.75. The van der Waals surface area contributed by atoms with Crippen molar-refractivity contribution >= 4 is 17.7 Å². The number of thioether (sulfide) groups is 1. The predicted molar refractivity (Wildman–Crippen MR) is 82.3 cm³/mol. The molecule has 1 saturated heterocycles. The Kier molecular flexibility index (Phi) is 5.73. The van der Waals surface area contributed by atoms with Crippen LogP contribution in [0.15, 0.2) is 29.2 Å². The number of nitrogens with one attached hydrogen (secondary N) is 2. The minimum absolute atomic E-state index is 0.170. The summed E-state index contributed by atoms with van der Waals surface area (Å²) in [6.45, 7) is 4.52. The van der Waals surface area contributed by atoms with Crippen molar-refractivity contribution in [1.82, 2.24) is 10.6 Å². The Hall–Kier alpha value is -1.20. The monoisotopic (exact) mass is 294 g/mol. The van der Waals surface area contributed by atoms with Gasteiger partial charge in [0.1, 0.15) is 5.75 Å². The fraction of sp³-hybridized carbons (Fsp3) is 0.533. The highest BCUT2D eigenvalue weighted by atomic mass is 32.2. The van der Waals surface area contributed by atoms with E-state index in [9.17, 15) is 4.79 Å². The normalized spacial score (nSPS) is 16.3. The summed E-state index contributed by atoms with van der Waals surface area (Å²) in [6.07, 6.45) is 0. The number of carbonyl (C=O) groups excluding carboxylic acids is 1. The Bertz CT molecular complexity index is 449. The summed E-state index contributed by atoms with van der Waals surface area (Å²) in [6, 6.07) is 8.02. The summed E-state index contributed by atoms with van der Waals surface area (Å²) in [7, 11) is 1.69. The maximum absolute atomic E-state index is 11.7. The number of ether oxygens (including phenoxy) is 1. The summed E-state index contributed by atoms with van der Waals surface area (Å²) in [5.74, 6) is 2.65. The van der Waals surface area contributed by atoms with E-state index in [1.807, 2.05) is 18.2 Å². The molecule has 0 radical (unpaired) electrons. The lowest BCUT2D eigenvalue weighted by molar-refractivity contribution is -0.126. The van der Waals surface area contributed by atoms with Gasteiger partial charge in [0.15, 0.2) is 0 Å². The first-order chi connectivity index (χ1) is 9.70. The van der Waals surface area contributed by atoms with E-state index >= 15 is 0 Å². The second-order valence-corrected chi connectivity index (χ2v) is 6.23. The molecule has 1 aromatic rings. The molecule has 0 saturated carbocycles. The number of methoxy groups -OCH3 is 1. The van der Waals surface area contributed by atoms with Crippen LogP contribution in [0, 0.1) is 11.8 Å². The molecule has 110 valence electrons. The molecule has 0 aromatic heterocycles. The second kappa shape index (κ2) is 7.55. The highest BCUT2D eigenvalue weighted by Gasteiger charge is 2.24. The molecule has 1 fully saturated rings. The average Bonchev–Trinajstić information content (AvgIpc) is 2.41. The van der Waals surface area contributed by atoms with Crippen molar-refractivity contribution in [2.24, 2.45) is 11.8 Å². The predicted octanol–water partition coefficient (Wildman–Crippen LogP) is 1.76. The van der Waals surface area contributed by atoms with Gasteiger partial charge in [-0.2, -0.15) is 0 Å². The van der Waals surface area contributed by atoms with Gasteiger partial charge in [-0.15, -0.1) is 11.8 Å². The number of benzene rings is 1. The van der Waals surface area contributed by atoms with Crippen LogP contribution in [0.25, 0.3) is 0 Å². The minimum atomic E-state index is 0.170. The van der Waals surface area contributed by atoms with Crippen molar-refractivity contribution in [3.05, 3.63) is 24.3 Å². The number of amides is 1. The summed E-state index contributed by atoms with van der Waals surface area (Å²) in [5, 5.41) is 6.14. The van der Waals surface area contributed by atoms with Gasteiger partial charge in [-0.25, -0.2) is 0 Å². The van der Waals surface area contributed by atoms with Crippen molar-refractivity contribution in [1.29, 1.82) is 0 Å². The maximum atomic E-state index is 11.7. The quantitative estimate of drug-likeness (QED) is 0.752. The Balaban J connectivity index is 1.71. The molecule has 2 rings (SSSR count). The molecule has 0 aliphatic carbocycles. The van der Waals surface area contributed by atoms with E-state index in [0.29, 0.717) is 5.92 Å². The van der Waals surface area contributed by atoms with Crippen LogP contribution in [0.5, 0.6) is 5.75 Å². The Morgan fingerprint density at radius 1 is 1.50 bits per heavy atom. The summed E-state index contributed by atoms with van der Waals surface area (Å²) < 4.78 is 5.33. The molecule has 1 amide bonds. The van der Waals surface area contributed by atoms with Crippen molar-refractivity contribution in [3.8, 4) is 5.75 Å². The highest BCUT2D eigenvalue weighted by molar-refractivity contribution is 7.99. The van der Waals surface area contributed by atoms with Gasteiger partial charge in [0, 0.05) is 30.3 Å². The van der Waals surface area contributed by atoms with Gasteiger partial charge in [-0.3, -0.25) is 4.79 Å². The van der Waals surface area contributed by atoms with E-state index in [-0.39, 0.29) is 11.8 Å². The van der Waals surface area contributed by atoms with Crippen LogP contribution in [0.2, 0.25) is 0 Å². The highest BCUT2D eigenvalue weighted by Crippen LogP contribution is 2.29. The van der Waals surface area contributed by atoms with Crippen molar-refractivity contribution in [3.63, 3.8) is 0 Å². The number of carbonyl (C=O) groups is 1. The second-order valence-electron chi connectivity index (χ2n) is 5.17. The first-order valence-corrected chi connectivity index (χ1v) is 7.93. The van der Waals surface area contributed by atoms with Gasteiger partial charge in [0.2, 0.25) is 5.91 Å². The Morgan fingerprint density at radius 3 is 2.90 bits per heavy atom. The maximum Gasteiger partial charge on any atom is 0.225 e. The number of para-hydroxylation sites is 1. The third-order valence-electron chi connectivity index (χ3n) is 3.37. The molecular weight excluding hydrogens is 272 g/mol. The lowest BCUT2D eigenvalue weighted by Crippen LogP contribution is -2.51. The molecule has 1 heterocycles. The van der Waals surface area contributed by atoms with Crippen molar-refractivity contribution in [2.45, 2.75) is 11.8 Å². The zero-order valence-corrected chi connectivity index (χ0v) is 12.8. The van der Waals surface area contributed by atoms with Gasteiger partial charge in [-0.05, 0) is 18.1 Å². The van der Waals surface area contributed by atoms with Crippen LogP contribution < -0.4 is 15.4 Å². The number of hydrogen-bond donors (Lipinski definition) is 2. The molecule has 1 unspecified atom stereocenters. The van der Waals surface area contributed by atoms with Gasteiger partial charge in [0.05, 0.1) is 13.0 Å². The SMILES string of the molecule is COc1ccccc1SCC(C)CNC(=O)C1CNC1. The Morgan fingerprint density at radius 2 is 2.25 bits per heavy atom. The van der Waals surface area contributed by atoms with Gasteiger partial charge >= 0.3 is 0 Å². The average molecular weight is 294 g/mol. The third kappa shape index (κ3) is 4.15. The van der Waals surface area contributed by atoms with Crippen LogP contribution in [0.3, 0.4) is 0 Å². The van der Waals surface area contributed by atoms with E-state index in [4.69, 9.17) is 4.74 Å². The molecule has 1 aliphatic rings. The summed E-state index contributed by atoms with van der Waals surface area (Å²) >= 11 is 1.77. The molecule has 4 nitrogen and oxygen atoms in total. The molecular formula is C15H22N2O2S. The van der Waals surface area contributed by atoms with Crippen molar-refractivity contribution in [2.75, 3.05) is 32.5 Å². The fourth-order valence-corrected chi connectivity index (χ4v) is 2.97. The van der Waals surface area contributed by atoms with Crippen LogP contribution in [0.1, 0.15) is 6.92 Å². The fourth-order valence-electron chi connectivity index (χ4n) is 1.92. The lowest BCUT2D eigenvalue weighted by atomic mass is 10.0. The van der Waals surface area contributed by atoms with Crippen LogP contribution >= 0.6 is 11.8 Å². The summed E-state index contributed by atoms with van der Waals surface area (Å²) in [4.78, 5) is 12.9. The van der Waals surface area contributed by atoms with E-state index < -0.39 is 0 Å². The van der Waals surface area contributed by atoms with E-state index in [2.05, 4.69) is 23.6 Å². The molecule has 1 aliphatic heterocycles. The first kappa shape index (κ1) is 15.2. The zero-order valence-electron chi connectivity index (χ0n) is 12.0. The zero-order chi connectivity index (χ0) is 14.4. The molecule has 0 bridgehead atoms. The van der Waals surface area contributed by atoms with E-state index in [1.165, 1.54) is 0 Å². The molecule has 2 N–H and O–H groups in total. The van der Waals surface area contributed by atoms with E-state index in [0.717, 1.165) is 36.0 Å². The van der Waals surface area contributed by atoms with Crippen LogP contribution in [-0.4, -0.2) is 38.4 Å². The topological polar surface area (TPSA) is 50.4 Å². The number of hydrogen-bond acceptors (Lipinski definition) is 4. The minimum Gasteiger partial charge on any atom is -0.496 e. The van der Waals surface area contributed by atoms with Crippen LogP contribution in [-0.2, 0) is 4.79 Å². The van der Waals surface area contributed by atoms with E-state index in [1.54, 1.807) is 18.9 Å². The lowest BCUT2D eigenvalue weighted by Gasteiger charge is -2.26. The molecule has 5 heteroatoms. The smallest absolute Gasteiger partial charge is 0.225 e. The first-order valence-electron chi connectivity index (χ1n) is 6.95. The van der Waals surface area contributed by atoms with Gasteiger partial charge in [0.25, 0.3) is 0 Å². The largest absolute Gasteiger partial charge is 0.496 e. The summed E-state index contributed by atoms with van der Waals surface area (Å²) in [5.41, 5.74) is 0. The Labute approximate surface area is 124 Å². The molecule has 1 aromatic carbocycles. The molecule has 20 heavy (non-hydrogen) atoms. The molecule has 1 atom stereocenters.